The van der Waals surface area contributed by atoms with Crippen molar-refractivity contribution in [3.8, 4) is 5.75 Å². The molecule has 1 unspecified atom stereocenters. The van der Waals surface area contributed by atoms with Crippen LogP contribution in [0, 0.1) is 0 Å². The summed E-state index contributed by atoms with van der Waals surface area (Å²) < 4.78 is 32.5. The minimum atomic E-state index is -3.73. The predicted molar refractivity (Wildman–Crippen MR) is 95.8 cm³/mol. The Labute approximate surface area is 148 Å². The summed E-state index contributed by atoms with van der Waals surface area (Å²) in [5.41, 5.74) is 0. The summed E-state index contributed by atoms with van der Waals surface area (Å²) in [6.45, 7) is 2.20. The summed E-state index contributed by atoms with van der Waals surface area (Å²) in [7, 11) is -2.12. The number of nitrogens with zero attached hydrogens (tertiary/aromatic N) is 1. The number of sulfonamides is 1. The third-order valence-electron chi connectivity index (χ3n) is 3.57. The van der Waals surface area contributed by atoms with Gasteiger partial charge in [-0.15, -0.1) is 0 Å². The average molecular weight is 362 g/mol. The van der Waals surface area contributed by atoms with Crippen LogP contribution in [0.25, 0.3) is 0 Å². The van der Waals surface area contributed by atoms with E-state index < -0.39 is 16.1 Å². The number of ether oxygens (including phenoxy) is 1. The van der Waals surface area contributed by atoms with Gasteiger partial charge in [-0.25, -0.2) is 8.42 Å². The quantitative estimate of drug-likeness (QED) is 0.778. The predicted octanol–water partition coefficient (Wildman–Crippen LogP) is 1.89. The first-order valence-electron chi connectivity index (χ1n) is 7.90. The van der Waals surface area contributed by atoms with E-state index >= 15 is 0 Å². The van der Waals surface area contributed by atoms with Crippen molar-refractivity contribution < 1.29 is 17.9 Å². The van der Waals surface area contributed by atoms with E-state index in [0.717, 1.165) is 5.75 Å². The van der Waals surface area contributed by atoms with Crippen molar-refractivity contribution in [2.45, 2.75) is 17.9 Å². The van der Waals surface area contributed by atoms with Crippen molar-refractivity contribution in [1.29, 1.82) is 0 Å². The van der Waals surface area contributed by atoms with Gasteiger partial charge in [0.25, 0.3) is 0 Å². The molecule has 134 valence electrons. The van der Waals surface area contributed by atoms with Gasteiger partial charge >= 0.3 is 0 Å². The van der Waals surface area contributed by atoms with Gasteiger partial charge in [0.15, 0.2) is 0 Å². The Morgan fingerprint density at radius 2 is 1.64 bits per heavy atom. The number of carbonyl (C=O) groups excluding carboxylic acids is 1. The SMILES string of the molecule is CC(NS(=O)(=O)c1ccccc1)C(=O)N(C)CCOc1ccccc1. The van der Waals surface area contributed by atoms with Gasteiger partial charge in [-0.3, -0.25) is 4.79 Å². The summed E-state index contributed by atoms with van der Waals surface area (Å²) in [6.07, 6.45) is 0. The number of hydrogen-bond acceptors (Lipinski definition) is 4. The van der Waals surface area contributed by atoms with Crippen LogP contribution in [0.2, 0.25) is 0 Å². The molecule has 0 bridgehead atoms. The molecule has 0 radical (unpaired) electrons. The van der Waals surface area contributed by atoms with Gasteiger partial charge in [0, 0.05) is 7.05 Å². The summed E-state index contributed by atoms with van der Waals surface area (Å²) in [5, 5.41) is 0. The highest BCUT2D eigenvalue weighted by atomic mass is 32.2. The minimum Gasteiger partial charge on any atom is -0.492 e. The lowest BCUT2D eigenvalue weighted by Crippen LogP contribution is -2.46. The number of nitrogens with one attached hydrogen (secondary N) is 1. The molecule has 1 amide bonds. The number of benzene rings is 2. The maximum atomic E-state index is 12.3. The highest BCUT2D eigenvalue weighted by molar-refractivity contribution is 7.89. The van der Waals surface area contributed by atoms with E-state index in [1.807, 2.05) is 30.3 Å². The van der Waals surface area contributed by atoms with Gasteiger partial charge in [-0.1, -0.05) is 36.4 Å². The van der Waals surface area contributed by atoms with Crippen LogP contribution in [0.4, 0.5) is 0 Å². The summed E-state index contributed by atoms with van der Waals surface area (Å²) in [5.74, 6) is 0.400. The van der Waals surface area contributed by atoms with Crippen molar-refractivity contribution >= 4 is 15.9 Å². The molecule has 2 aromatic rings. The Hall–Kier alpha value is -2.38. The maximum Gasteiger partial charge on any atom is 0.241 e. The van der Waals surface area contributed by atoms with Gasteiger partial charge in [-0.2, -0.15) is 4.72 Å². The first-order valence-corrected chi connectivity index (χ1v) is 9.38. The molecule has 2 rings (SSSR count). The molecule has 0 heterocycles. The van der Waals surface area contributed by atoms with E-state index in [2.05, 4.69) is 4.72 Å². The molecular formula is C18H22N2O4S. The second-order valence-electron chi connectivity index (χ2n) is 5.58. The Morgan fingerprint density at radius 1 is 1.08 bits per heavy atom. The molecule has 0 saturated carbocycles. The molecule has 25 heavy (non-hydrogen) atoms. The number of rotatable bonds is 8. The van der Waals surface area contributed by atoms with Crippen molar-refractivity contribution in [1.82, 2.24) is 9.62 Å². The lowest BCUT2D eigenvalue weighted by atomic mass is 10.3. The minimum absolute atomic E-state index is 0.129. The van der Waals surface area contributed by atoms with Crippen molar-refractivity contribution in [2.24, 2.45) is 0 Å². The molecule has 0 aliphatic heterocycles. The highest BCUT2D eigenvalue weighted by Crippen LogP contribution is 2.10. The van der Waals surface area contributed by atoms with Crippen LogP contribution in [0.5, 0.6) is 5.75 Å². The Bertz CT molecular complexity index is 779. The average Bonchev–Trinajstić information content (AvgIpc) is 2.62. The summed E-state index contributed by atoms with van der Waals surface area (Å²) in [4.78, 5) is 13.9. The second-order valence-corrected chi connectivity index (χ2v) is 7.29. The maximum absolute atomic E-state index is 12.3. The van der Waals surface area contributed by atoms with E-state index in [0.29, 0.717) is 13.2 Å². The van der Waals surface area contributed by atoms with E-state index in [1.54, 1.807) is 25.2 Å². The van der Waals surface area contributed by atoms with Gasteiger partial charge < -0.3 is 9.64 Å². The fourth-order valence-electron chi connectivity index (χ4n) is 2.21. The van der Waals surface area contributed by atoms with Gasteiger partial charge in [0.2, 0.25) is 15.9 Å². The molecule has 7 heteroatoms. The smallest absolute Gasteiger partial charge is 0.241 e. The first kappa shape index (κ1) is 19.0. The van der Waals surface area contributed by atoms with Crippen LogP contribution in [-0.4, -0.2) is 45.5 Å². The lowest BCUT2D eigenvalue weighted by molar-refractivity contribution is -0.131. The molecule has 6 nitrogen and oxygen atoms in total. The summed E-state index contributed by atoms with van der Waals surface area (Å²) in [6, 6.07) is 16.4. The molecular weight excluding hydrogens is 340 g/mol. The standard InChI is InChI=1S/C18H22N2O4S/c1-15(19-25(22,23)17-11-7-4-8-12-17)18(21)20(2)13-14-24-16-9-5-3-6-10-16/h3-12,15,19H,13-14H2,1-2H3. The summed E-state index contributed by atoms with van der Waals surface area (Å²) >= 11 is 0. The molecule has 1 atom stereocenters. The number of amides is 1. The van der Waals surface area contributed by atoms with Crippen LogP contribution in [0.1, 0.15) is 6.92 Å². The fourth-order valence-corrected chi connectivity index (χ4v) is 3.43. The Balaban J connectivity index is 1.86. The first-order chi connectivity index (χ1) is 11.9. The van der Waals surface area contributed by atoms with Crippen molar-refractivity contribution in [3.63, 3.8) is 0 Å². The zero-order valence-electron chi connectivity index (χ0n) is 14.3. The topological polar surface area (TPSA) is 75.7 Å². The normalized spacial score (nSPS) is 12.4. The van der Waals surface area contributed by atoms with E-state index in [4.69, 9.17) is 4.74 Å². The lowest BCUT2D eigenvalue weighted by Gasteiger charge is -2.22. The molecule has 0 aliphatic rings. The molecule has 0 aromatic heterocycles. The third-order valence-corrected chi connectivity index (χ3v) is 5.13. The van der Waals surface area contributed by atoms with E-state index in [1.165, 1.54) is 24.0 Å². The second kappa shape index (κ2) is 8.64. The number of likely N-dealkylation sites (N-methyl/N-ethyl adjacent to an activating group) is 1. The largest absolute Gasteiger partial charge is 0.492 e. The number of hydrogen-bond donors (Lipinski definition) is 1. The van der Waals surface area contributed by atoms with Crippen LogP contribution in [0.3, 0.4) is 0 Å². The molecule has 2 aromatic carbocycles. The van der Waals surface area contributed by atoms with E-state index in [-0.39, 0.29) is 10.8 Å². The number of carbonyl (C=O) groups is 1. The zero-order valence-corrected chi connectivity index (χ0v) is 15.1. The Kier molecular flexibility index (Phi) is 6.55. The van der Waals surface area contributed by atoms with Crippen molar-refractivity contribution in [2.75, 3.05) is 20.2 Å². The molecule has 0 saturated heterocycles. The molecule has 0 spiro atoms. The van der Waals surface area contributed by atoms with Gasteiger partial charge in [-0.05, 0) is 31.2 Å². The Morgan fingerprint density at radius 3 is 2.24 bits per heavy atom. The van der Waals surface area contributed by atoms with Gasteiger partial charge in [0.05, 0.1) is 17.5 Å². The van der Waals surface area contributed by atoms with Crippen LogP contribution >= 0.6 is 0 Å². The number of para-hydroxylation sites is 1. The van der Waals surface area contributed by atoms with Crippen LogP contribution < -0.4 is 9.46 Å². The third kappa shape index (κ3) is 5.58. The highest BCUT2D eigenvalue weighted by Gasteiger charge is 2.24. The van der Waals surface area contributed by atoms with Crippen LogP contribution in [-0.2, 0) is 14.8 Å². The van der Waals surface area contributed by atoms with E-state index in [9.17, 15) is 13.2 Å². The van der Waals surface area contributed by atoms with Crippen LogP contribution in [0.15, 0.2) is 65.6 Å². The monoisotopic (exact) mass is 362 g/mol. The zero-order chi connectivity index (χ0) is 18.3. The molecule has 1 N–H and O–H groups in total. The van der Waals surface area contributed by atoms with Gasteiger partial charge in [0.1, 0.15) is 12.4 Å². The van der Waals surface area contributed by atoms with Crippen molar-refractivity contribution in [3.05, 3.63) is 60.7 Å². The molecule has 0 fully saturated rings. The molecule has 0 aliphatic carbocycles. The fraction of sp³-hybridized carbons (Fsp3) is 0.278.